The summed E-state index contributed by atoms with van der Waals surface area (Å²) in [6.07, 6.45) is 2.54. The maximum absolute atomic E-state index is 3.72. The highest BCUT2D eigenvalue weighted by Crippen LogP contribution is 2.50. The van der Waals surface area contributed by atoms with Gasteiger partial charge in [-0.1, -0.05) is 33.3 Å². The van der Waals surface area contributed by atoms with Crippen molar-refractivity contribution in [2.45, 2.75) is 45.6 Å². The van der Waals surface area contributed by atoms with E-state index >= 15 is 0 Å². The lowest BCUT2D eigenvalue weighted by atomic mass is 9.60. The Bertz CT molecular complexity index is 307. The molecule has 2 rings (SSSR count). The largest absolute Gasteiger partial charge is 0.313 e. The highest BCUT2D eigenvalue weighted by molar-refractivity contribution is 7.10. The van der Waals surface area contributed by atoms with Gasteiger partial charge in [-0.25, -0.2) is 0 Å². The summed E-state index contributed by atoms with van der Waals surface area (Å²) in [5.41, 5.74) is 0. The van der Waals surface area contributed by atoms with Crippen molar-refractivity contribution >= 4 is 11.3 Å². The van der Waals surface area contributed by atoms with E-state index in [1.165, 1.54) is 19.4 Å². The molecule has 1 aromatic heterocycles. The first-order valence-electron chi connectivity index (χ1n) is 6.56. The minimum atomic E-state index is 0.747. The number of nitrogens with one attached hydrogen (secondary N) is 1. The van der Waals surface area contributed by atoms with E-state index in [1.54, 1.807) is 4.88 Å². The molecule has 0 aliphatic heterocycles. The summed E-state index contributed by atoms with van der Waals surface area (Å²) >= 11 is 1.93. The highest BCUT2D eigenvalue weighted by Gasteiger charge is 2.47. The molecule has 0 amide bonds. The molecule has 1 fully saturated rings. The number of thiophene rings is 1. The van der Waals surface area contributed by atoms with Crippen molar-refractivity contribution < 1.29 is 0 Å². The van der Waals surface area contributed by atoms with Crippen LogP contribution in [0.1, 0.15) is 44.4 Å². The van der Waals surface area contributed by atoms with Crippen molar-refractivity contribution in [2.24, 2.45) is 11.8 Å². The lowest BCUT2D eigenvalue weighted by Crippen LogP contribution is -2.55. The van der Waals surface area contributed by atoms with Crippen molar-refractivity contribution in [1.29, 1.82) is 0 Å². The standard InChI is InChI=1S/C14H23NS/c1-4-8-15-14-10(3)13(11(14)5-2)12-7-6-9-16-12/h6-7,9-11,13-15H,4-5,8H2,1-3H3. The van der Waals surface area contributed by atoms with Crippen LogP contribution in [0.3, 0.4) is 0 Å². The fourth-order valence-electron chi connectivity index (χ4n) is 3.19. The van der Waals surface area contributed by atoms with Crippen LogP contribution in [-0.2, 0) is 0 Å². The molecule has 4 unspecified atom stereocenters. The molecular weight excluding hydrogens is 214 g/mol. The average molecular weight is 237 g/mol. The monoisotopic (exact) mass is 237 g/mol. The molecule has 0 saturated heterocycles. The van der Waals surface area contributed by atoms with Crippen molar-refractivity contribution in [3.05, 3.63) is 22.4 Å². The SMILES string of the molecule is CCCNC1C(C)C(c2cccs2)C1CC. The first kappa shape index (κ1) is 12.1. The summed E-state index contributed by atoms with van der Waals surface area (Å²) in [6, 6.07) is 5.24. The van der Waals surface area contributed by atoms with Crippen LogP contribution in [0, 0.1) is 11.8 Å². The molecule has 16 heavy (non-hydrogen) atoms. The van der Waals surface area contributed by atoms with Crippen LogP contribution in [0.4, 0.5) is 0 Å². The summed E-state index contributed by atoms with van der Waals surface area (Å²) in [7, 11) is 0. The van der Waals surface area contributed by atoms with Gasteiger partial charge in [0.2, 0.25) is 0 Å². The van der Waals surface area contributed by atoms with Crippen LogP contribution in [0.15, 0.2) is 17.5 Å². The van der Waals surface area contributed by atoms with Crippen LogP contribution in [0.5, 0.6) is 0 Å². The van der Waals surface area contributed by atoms with Crippen LogP contribution < -0.4 is 5.32 Å². The Balaban J connectivity index is 2.01. The van der Waals surface area contributed by atoms with Crippen LogP contribution in [-0.4, -0.2) is 12.6 Å². The molecule has 1 saturated carbocycles. The molecule has 90 valence electrons. The summed E-state index contributed by atoms with van der Waals surface area (Å²) in [5.74, 6) is 2.45. The lowest BCUT2D eigenvalue weighted by molar-refractivity contribution is 0.0809. The molecule has 1 aromatic rings. The zero-order chi connectivity index (χ0) is 11.5. The van der Waals surface area contributed by atoms with Gasteiger partial charge in [0.1, 0.15) is 0 Å². The predicted octanol–water partition coefficient (Wildman–Crippen LogP) is 3.88. The summed E-state index contributed by atoms with van der Waals surface area (Å²) < 4.78 is 0. The van der Waals surface area contributed by atoms with E-state index in [2.05, 4.69) is 43.6 Å². The molecule has 1 aliphatic rings. The van der Waals surface area contributed by atoms with Gasteiger partial charge >= 0.3 is 0 Å². The topological polar surface area (TPSA) is 12.0 Å². The lowest BCUT2D eigenvalue weighted by Gasteiger charge is -2.51. The van der Waals surface area contributed by atoms with Gasteiger partial charge in [-0.3, -0.25) is 0 Å². The molecule has 0 spiro atoms. The third kappa shape index (κ3) is 2.05. The Morgan fingerprint density at radius 3 is 2.75 bits per heavy atom. The number of hydrogen-bond acceptors (Lipinski definition) is 2. The normalized spacial score (nSPS) is 33.7. The Morgan fingerprint density at radius 1 is 1.38 bits per heavy atom. The second kappa shape index (κ2) is 5.33. The first-order valence-corrected chi connectivity index (χ1v) is 7.44. The second-order valence-electron chi connectivity index (χ2n) is 4.95. The summed E-state index contributed by atoms with van der Waals surface area (Å²) in [4.78, 5) is 1.59. The maximum atomic E-state index is 3.72. The first-order chi connectivity index (χ1) is 7.79. The maximum Gasteiger partial charge on any atom is 0.0133 e. The van der Waals surface area contributed by atoms with Gasteiger partial charge in [-0.05, 0) is 36.2 Å². The molecule has 4 atom stereocenters. The number of hydrogen-bond donors (Lipinski definition) is 1. The van der Waals surface area contributed by atoms with Crippen molar-refractivity contribution in [3.63, 3.8) is 0 Å². The van der Waals surface area contributed by atoms with Gasteiger partial charge in [-0.2, -0.15) is 0 Å². The minimum absolute atomic E-state index is 0.747. The molecular formula is C14H23NS. The van der Waals surface area contributed by atoms with E-state index in [9.17, 15) is 0 Å². The molecule has 2 heteroatoms. The molecule has 1 nitrogen and oxygen atoms in total. The minimum Gasteiger partial charge on any atom is -0.313 e. The van der Waals surface area contributed by atoms with E-state index in [0.29, 0.717) is 0 Å². The van der Waals surface area contributed by atoms with Gasteiger partial charge < -0.3 is 5.32 Å². The average Bonchev–Trinajstić information content (AvgIpc) is 2.79. The Hall–Kier alpha value is -0.340. The second-order valence-corrected chi connectivity index (χ2v) is 5.93. The predicted molar refractivity (Wildman–Crippen MR) is 72.1 cm³/mol. The van der Waals surface area contributed by atoms with E-state index in [-0.39, 0.29) is 0 Å². The van der Waals surface area contributed by atoms with Crippen LogP contribution in [0.2, 0.25) is 0 Å². The molecule has 1 N–H and O–H groups in total. The van der Waals surface area contributed by atoms with E-state index in [4.69, 9.17) is 0 Å². The third-order valence-corrected chi connectivity index (χ3v) is 5.00. The van der Waals surface area contributed by atoms with E-state index < -0.39 is 0 Å². The fraction of sp³-hybridized carbons (Fsp3) is 0.714. The quantitative estimate of drug-likeness (QED) is 0.819. The Labute approximate surface area is 103 Å². The summed E-state index contributed by atoms with van der Waals surface area (Å²) in [6.45, 7) is 8.15. The zero-order valence-corrected chi connectivity index (χ0v) is 11.4. The Kier molecular flexibility index (Phi) is 4.04. The smallest absolute Gasteiger partial charge is 0.0133 e. The molecule has 1 aliphatic carbocycles. The van der Waals surface area contributed by atoms with Gasteiger partial charge in [-0.15, -0.1) is 11.3 Å². The van der Waals surface area contributed by atoms with E-state index in [1.807, 2.05) is 11.3 Å². The molecule has 1 heterocycles. The Morgan fingerprint density at radius 2 is 2.19 bits per heavy atom. The third-order valence-electron chi connectivity index (χ3n) is 4.03. The van der Waals surface area contributed by atoms with Crippen molar-refractivity contribution in [1.82, 2.24) is 5.32 Å². The van der Waals surface area contributed by atoms with Crippen molar-refractivity contribution in [2.75, 3.05) is 6.54 Å². The van der Waals surface area contributed by atoms with Gasteiger partial charge in [0.25, 0.3) is 0 Å². The van der Waals surface area contributed by atoms with Gasteiger partial charge in [0, 0.05) is 16.8 Å². The van der Waals surface area contributed by atoms with Crippen LogP contribution >= 0.6 is 11.3 Å². The fourth-order valence-corrected chi connectivity index (χ4v) is 4.21. The van der Waals surface area contributed by atoms with Gasteiger partial charge in [0.15, 0.2) is 0 Å². The zero-order valence-electron chi connectivity index (χ0n) is 10.6. The number of rotatable bonds is 5. The van der Waals surface area contributed by atoms with Crippen LogP contribution in [0.25, 0.3) is 0 Å². The van der Waals surface area contributed by atoms with Gasteiger partial charge in [0.05, 0.1) is 0 Å². The molecule has 0 aromatic carbocycles. The molecule has 0 bridgehead atoms. The van der Waals surface area contributed by atoms with Crippen molar-refractivity contribution in [3.8, 4) is 0 Å². The highest BCUT2D eigenvalue weighted by atomic mass is 32.1. The summed E-state index contributed by atoms with van der Waals surface area (Å²) in [5, 5.41) is 5.93. The molecule has 0 radical (unpaired) electrons. The van der Waals surface area contributed by atoms with E-state index in [0.717, 1.165) is 23.8 Å².